The van der Waals surface area contributed by atoms with Crippen LogP contribution in [0.2, 0.25) is 0 Å². The minimum Gasteiger partial charge on any atom is -0.467 e. The first kappa shape index (κ1) is 24.5. The molecule has 8 heteroatoms. The monoisotopic (exact) mass is 429 g/mol. The molecule has 156 valence electrons. The molecule has 1 saturated heterocycles. The summed E-state index contributed by atoms with van der Waals surface area (Å²) < 4.78 is 11.0. The molecule has 2 heterocycles. The summed E-state index contributed by atoms with van der Waals surface area (Å²) in [4.78, 5) is 14.5. The third-order valence-corrected chi connectivity index (χ3v) is 4.49. The molecule has 3 rings (SSSR count). The van der Waals surface area contributed by atoms with Gasteiger partial charge in [0.25, 0.3) is 5.91 Å². The average molecular weight is 430 g/mol. The van der Waals surface area contributed by atoms with Crippen LogP contribution in [-0.2, 0) is 24.4 Å². The number of ether oxygens (including phenoxy) is 1. The number of nitrogens with two attached hydrogens (primary N) is 1. The molecule has 6 nitrogen and oxygen atoms in total. The van der Waals surface area contributed by atoms with E-state index in [2.05, 4.69) is 48.3 Å². The Hall–Kier alpha value is -1.57. The van der Waals surface area contributed by atoms with Crippen molar-refractivity contribution < 1.29 is 13.9 Å². The molecular weight excluding hydrogens is 401 g/mol. The smallest absolute Gasteiger partial charge is 0.254 e. The first-order valence-electron chi connectivity index (χ1n) is 9.05. The zero-order valence-corrected chi connectivity index (χ0v) is 17.9. The molecule has 0 bridgehead atoms. The van der Waals surface area contributed by atoms with E-state index in [9.17, 15) is 4.79 Å². The summed E-state index contributed by atoms with van der Waals surface area (Å²) in [5.74, 6) is 0.445. The maximum atomic E-state index is 12.1. The van der Waals surface area contributed by atoms with E-state index < -0.39 is 0 Å². The maximum Gasteiger partial charge on any atom is 0.254 e. The van der Waals surface area contributed by atoms with Gasteiger partial charge in [0.15, 0.2) is 0 Å². The molecule has 1 aromatic carbocycles. The molecule has 0 radical (unpaired) electrons. The fourth-order valence-corrected chi connectivity index (χ4v) is 3.33. The second kappa shape index (κ2) is 11.4. The molecule has 0 aliphatic carbocycles. The number of hydrogen-bond acceptors (Lipinski definition) is 5. The second-order valence-electron chi connectivity index (χ2n) is 6.96. The van der Waals surface area contributed by atoms with Crippen molar-refractivity contribution in [1.82, 2.24) is 10.2 Å². The normalized spacial score (nSPS) is 19.4. The van der Waals surface area contributed by atoms with Crippen LogP contribution in [0.3, 0.4) is 0 Å². The molecule has 2 unspecified atom stereocenters. The van der Waals surface area contributed by atoms with Crippen molar-refractivity contribution >= 4 is 30.7 Å². The van der Waals surface area contributed by atoms with Crippen LogP contribution in [0.25, 0.3) is 0 Å². The number of benzene rings is 1. The van der Waals surface area contributed by atoms with E-state index in [0.717, 1.165) is 25.2 Å². The lowest BCUT2D eigenvalue weighted by Gasteiger charge is -2.35. The molecule has 2 aromatic rings. The molecule has 0 saturated carbocycles. The Labute approximate surface area is 178 Å². The van der Waals surface area contributed by atoms with Crippen molar-refractivity contribution in [2.75, 3.05) is 13.1 Å². The SMILES string of the molecule is CC1CN(Cc2ccc(CNC(=O)c3coc(CN)c3)cc2)CC(C)O1.Cl.Cl. The van der Waals surface area contributed by atoms with E-state index in [1.54, 1.807) is 6.07 Å². The number of nitrogens with zero attached hydrogens (tertiary/aromatic N) is 1. The van der Waals surface area contributed by atoms with E-state index in [1.807, 2.05) is 0 Å². The van der Waals surface area contributed by atoms with Crippen LogP contribution in [0.15, 0.2) is 41.0 Å². The van der Waals surface area contributed by atoms with Gasteiger partial charge in [-0.25, -0.2) is 0 Å². The van der Waals surface area contributed by atoms with Crippen molar-refractivity contribution in [3.63, 3.8) is 0 Å². The van der Waals surface area contributed by atoms with Gasteiger partial charge in [0.2, 0.25) is 0 Å². The standard InChI is InChI=1S/C20H27N3O3.2ClH/c1-14-10-23(11-15(2)26-14)12-17-5-3-16(4-6-17)9-22-20(24)18-7-19(8-21)25-13-18;;/h3-7,13-15H,8-12,21H2,1-2H3,(H,22,24);2*1H. The predicted molar refractivity (Wildman–Crippen MR) is 114 cm³/mol. The Morgan fingerprint density at radius 3 is 2.32 bits per heavy atom. The van der Waals surface area contributed by atoms with Gasteiger partial charge in [-0.3, -0.25) is 9.69 Å². The highest BCUT2D eigenvalue weighted by Crippen LogP contribution is 2.15. The van der Waals surface area contributed by atoms with Crippen molar-refractivity contribution in [3.05, 3.63) is 59.0 Å². The van der Waals surface area contributed by atoms with Gasteiger partial charge >= 0.3 is 0 Å². The molecule has 1 aromatic heterocycles. The summed E-state index contributed by atoms with van der Waals surface area (Å²) in [7, 11) is 0. The van der Waals surface area contributed by atoms with Gasteiger partial charge < -0.3 is 20.2 Å². The topological polar surface area (TPSA) is 80.7 Å². The molecule has 1 aliphatic heterocycles. The van der Waals surface area contributed by atoms with E-state index in [1.165, 1.54) is 11.8 Å². The zero-order valence-electron chi connectivity index (χ0n) is 16.2. The molecule has 1 fully saturated rings. The predicted octanol–water partition coefficient (Wildman–Crippen LogP) is 3.12. The van der Waals surface area contributed by atoms with Crippen LogP contribution in [0.4, 0.5) is 0 Å². The quantitative estimate of drug-likeness (QED) is 0.736. The summed E-state index contributed by atoms with van der Waals surface area (Å²) in [6, 6.07) is 10.0. The van der Waals surface area contributed by atoms with Crippen LogP contribution in [-0.4, -0.2) is 36.1 Å². The van der Waals surface area contributed by atoms with Crippen LogP contribution >= 0.6 is 24.8 Å². The van der Waals surface area contributed by atoms with E-state index >= 15 is 0 Å². The summed E-state index contributed by atoms with van der Waals surface area (Å²) in [6.07, 6.45) is 1.98. The summed E-state index contributed by atoms with van der Waals surface area (Å²) in [5, 5.41) is 2.90. The number of halogens is 2. The molecule has 1 amide bonds. The van der Waals surface area contributed by atoms with Crippen LogP contribution in [0.1, 0.15) is 41.1 Å². The van der Waals surface area contributed by atoms with Crippen LogP contribution in [0.5, 0.6) is 0 Å². The second-order valence-corrected chi connectivity index (χ2v) is 6.96. The van der Waals surface area contributed by atoms with Crippen LogP contribution in [0, 0.1) is 0 Å². The Morgan fingerprint density at radius 1 is 1.14 bits per heavy atom. The minimum atomic E-state index is -0.159. The van der Waals surface area contributed by atoms with Crippen molar-refractivity contribution in [2.24, 2.45) is 5.73 Å². The number of hydrogen-bond donors (Lipinski definition) is 2. The first-order valence-corrected chi connectivity index (χ1v) is 9.05. The Balaban J connectivity index is 0.00000196. The zero-order chi connectivity index (χ0) is 18.5. The van der Waals surface area contributed by atoms with Crippen LogP contribution < -0.4 is 11.1 Å². The third-order valence-electron chi connectivity index (χ3n) is 4.49. The number of carbonyl (C=O) groups excluding carboxylic acids is 1. The van der Waals surface area contributed by atoms with Gasteiger partial charge in [-0.05, 0) is 31.0 Å². The van der Waals surface area contributed by atoms with Gasteiger partial charge in [-0.2, -0.15) is 0 Å². The van der Waals surface area contributed by atoms with Gasteiger partial charge in [0.1, 0.15) is 12.0 Å². The number of furan rings is 1. The molecule has 2 atom stereocenters. The molecule has 1 aliphatic rings. The molecule has 28 heavy (non-hydrogen) atoms. The Morgan fingerprint density at radius 2 is 1.75 bits per heavy atom. The lowest BCUT2D eigenvalue weighted by molar-refractivity contribution is -0.0704. The van der Waals surface area contributed by atoms with Gasteiger partial charge in [0, 0.05) is 26.2 Å². The third kappa shape index (κ3) is 6.79. The lowest BCUT2D eigenvalue weighted by atomic mass is 10.1. The highest BCUT2D eigenvalue weighted by molar-refractivity contribution is 5.93. The Bertz CT molecular complexity index is 727. The molecule has 3 N–H and O–H groups in total. The fourth-order valence-electron chi connectivity index (χ4n) is 3.33. The average Bonchev–Trinajstić information content (AvgIpc) is 3.09. The van der Waals surface area contributed by atoms with E-state index in [4.69, 9.17) is 14.9 Å². The van der Waals surface area contributed by atoms with Gasteiger partial charge in [-0.1, -0.05) is 24.3 Å². The van der Waals surface area contributed by atoms with E-state index in [-0.39, 0.29) is 49.5 Å². The minimum absolute atomic E-state index is 0. The lowest BCUT2D eigenvalue weighted by Crippen LogP contribution is -2.44. The first-order chi connectivity index (χ1) is 12.5. The Kier molecular flexibility index (Phi) is 9.99. The summed E-state index contributed by atoms with van der Waals surface area (Å²) in [6.45, 7) is 7.83. The number of rotatable bonds is 6. The van der Waals surface area contributed by atoms with E-state index in [0.29, 0.717) is 17.9 Å². The number of carbonyl (C=O) groups is 1. The maximum absolute atomic E-state index is 12.1. The van der Waals surface area contributed by atoms with Crippen molar-refractivity contribution in [1.29, 1.82) is 0 Å². The highest BCUT2D eigenvalue weighted by Gasteiger charge is 2.21. The van der Waals surface area contributed by atoms with Gasteiger partial charge in [-0.15, -0.1) is 24.8 Å². The van der Waals surface area contributed by atoms with Gasteiger partial charge in [0.05, 0.1) is 24.3 Å². The largest absolute Gasteiger partial charge is 0.467 e. The summed E-state index contributed by atoms with van der Waals surface area (Å²) >= 11 is 0. The molecular formula is C20H29Cl2N3O3. The highest BCUT2D eigenvalue weighted by atomic mass is 35.5. The number of morpholine rings is 1. The fraction of sp³-hybridized carbons (Fsp3) is 0.450. The molecule has 0 spiro atoms. The van der Waals surface area contributed by atoms with Crippen molar-refractivity contribution in [3.8, 4) is 0 Å². The number of nitrogens with one attached hydrogen (secondary N) is 1. The summed E-state index contributed by atoms with van der Waals surface area (Å²) in [5.41, 5.74) is 8.32. The van der Waals surface area contributed by atoms with Crippen molar-refractivity contribution in [2.45, 2.75) is 45.7 Å². The number of amides is 1.